The van der Waals surface area contributed by atoms with E-state index in [1.54, 1.807) is 45.0 Å². The Morgan fingerprint density at radius 3 is 2.51 bits per heavy atom. The Morgan fingerprint density at radius 1 is 1.23 bits per heavy atom. The Balaban J connectivity index is 1.98. The van der Waals surface area contributed by atoms with Crippen molar-refractivity contribution in [1.82, 2.24) is 9.69 Å². The zero-order chi connectivity index (χ0) is 25.7. The average molecular weight is 503 g/mol. The molecule has 0 saturated carbocycles. The predicted octanol–water partition coefficient (Wildman–Crippen LogP) is 2.48. The number of aromatic nitrogens is 1. The van der Waals surface area contributed by atoms with Gasteiger partial charge in [-0.2, -0.15) is 4.37 Å². The molecule has 1 saturated heterocycles. The maximum atomic E-state index is 13.3. The number of nitrogens with zero attached hydrogens (tertiary/aromatic N) is 1. The number of ether oxygens (including phenoxy) is 3. The maximum absolute atomic E-state index is 13.3. The third-order valence-corrected chi connectivity index (χ3v) is 5.91. The van der Waals surface area contributed by atoms with Crippen LogP contribution in [0.2, 0.25) is 0 Å². The van der Waals surface area contributed by atoms with Crippen LogP contribution in [0, 0.1) is 5.92 Å². The number of carbonyl (C=O) groups is 4. The molecule has 1 aliphatic heterocycles. The van der Waals surface area contributed by atoms with Crippen molar-refractivity contribution in [3.8, 4) is 5.75 Å². The van der Waals surface area contributed by atoms with Crippen LogP contribution in [0.3, 0.4) is 0 Å². The van der Waals surface area contributed by atoms with Crippen LogP contribution in [-0.2, 0) is 28.6 Å². The standard InChI is InChI=1S/C24H26N2O8S/c1-12(2)22(29)34-20-14(4)33-23(30)16(25-21(28)19-17(27)11-35-26-19)10-32-24(31)18(20)13(3)15-8-6-5-7-9-15/h5-9,11-12,14,16,20,27H,10H2,1-4H3,(H,25,28)/b18-13+/t14-,16-,20-/m0/s1. The summed E-state index contributed by atoms with van der Waals surface area (Å²) in [5.41, 5.74) is 0.919. The minimum absolute atomic E-state index is 0.0228. The molecule has 3 atom stereocenters. The quantitative estimate of drug-likeness (QED) is 0.358. The van der Waals surface area contributed by atoms with Crippen LogP contribution < -0.4 is 5.32 Å². The Labute approximate surface area is 206 Å². The molecular weight excluding hydrogens is 476 g/mol. The fourth-order valence-corrected chi connectivity index (χ4v) is 3.87. The smallest absolute Gasteiger partial charge is 0.338 e. The van der Waals surface area contributed by atoms with Gasteiger partial charge in [-0.1, -0.05) is 44.2 Å². The van der Waals surface area contributed by atoms with Crippen LogP contribution in [0.4, 0.5) is 0 Å². The lowest BCUT2D eigenvalue weighted by Crippen LogP contribution is -2.46. The fourth-order valence-electron chi connectivity index (χ4n) is 3.33. The van der Waals surface area contributed by atoms with E-state index in [-0.39, 0.29) is 17.0 Å². The van der Waals surface area contributed by atoms with Gasteiger partial charge in [0, 0.05) is 0 Å². The van der Waals surface area contributed by atoms with Crippen LogP contribution >= 0.6 is 11.5 Å². The van der Waals surface area contributed by atoms with Crippen LogP contribution in [0.5, 0.6) is 5.75 Å². The fraction of sp³-hybridized carbons (Fsp3) is 0.375. The minimum Gasteiger partial charge on any atom is -0.505 e. The molecule has 10 nitrogen and oxygen atoms in total. The lowest BCUT2D eigenvalue weighted by atomic mass is 9.95. The largest absolute Gasteiger partial charge is 0.505 e. The van der Waals surface area contributed by atoms with E-state index in [1.807, 2.05) is 6.07 Å². The van der Waals surface area contributed by atoms with Gasteiger partial charge < -0.3 is 24.6 Å². The highest BCUT2D eigenvalue weighted by Crippen LogP contribution is 2.28. The highest BCUT2D eigenvalue weighted by atomic mass is 32.1. The summed E-state index contributed by atoms with van der Waals surface area (Å²) in [6.07, 6.45) is -2.34. The molecule has 0 spiro atoms. The molecule has 2 heterocycles. The third-order valence-electron chi connectivity index (χ3n) is 5.30. The van der Waals surface area contributed by atoms with Gasteiger partial charge in [0.1, 0.15) is 12.7 Å². The first kappa shape index (κ1) is 25.9. The second-order valence-corrected chi connectivity index (χ2v) is 8.86. The van der Waals surface area contributed by atoms with Crippen LogP contribution in [0.25, 0.3) is 5.57 Å². The summed E-state index contributed by atoms with van der Waals surface area (Å²) in [5, 5.41) is 13.4. The number of carbonyl (C=O) groups excluding carboxylic acids is 4. The number of amides is 1. The number of aromatic hydroxyl groups is 1. The number of benzene rings is 1. The van der Waals surface area contributed by atoms with Gasteiger partial charge in [0.15, 0.2) is 23.6 Å². The molecule has 35 heavy (non-hydrogen) atoms. The molecule has 186 valence electrons. The molecule has 11 heteroatoms. The van der Waals surface area contributed by atoms with Gasteiger partial charge in [-0.3, -0.25) is 9.59 Å². The predicted molar refractivity (Wildman–Crippen MR) is 125 cm³/mol. The molecule has 1 aliphatic rings. The molecular formula is C24H26N2O8S. The zero-order valence-electron chi connectivity index (χ0n) is 19.6. The molecule has 0 unspecified atom stereocenters. The van der Waals surface area contributed by atoms with Crippen molar-refractivity contribution < 1.29 is 38.5 Å². The van der Waals surface area contributed by atoms with E-state index in [4.69, 9.17) is 14.2 Å². The number of hydrogen-bond acceptors (Lipinski definition) is 10. The van der Waals surface area contributed by atoms with E-state index in [1.165, 1.54) is 12.3 Å². The Bertz CT molecular complexity index is 1140. The van der Waals surface area contributed by atoms with Crippen molar-refractivity contribution in [3.05, 3.63) is 52.5 Å². The first-order chi connectivity index (χ1) is 16.6. The summed E-state index contributed by atoms with van der Waals surface area (Å²) in [6.45, 7) is 5.90. The number of cyclic esters (lactones) is 2. The SMILES string of the molecule is C/C(=C1\C(=O)OC[C@H](NC(=O)c2nscc2O)C(=O)O[C@@H](C)[C@@H]1OC(=O)C(C)C)c1ccccc1. The maximum Gasteiger partial charge on any atom is 0.338 e. The number of esters is 3. The van der Waals surface area contributed by atoms with Gasteiger partial charge in [-0.15, -0.1) is 0 Å². The zero-order valence-corrected chi connectivity index (χ0v) is 20.5. The van der Waals surface area contributed by atoms with Crippen molar-refractivity contribution in [1.29, 1.82) is 0 Å². The summed E-state index contributed by atoms with van der Waals surface area (Å²) in [4.78, 5) is 51.1. The average Bonchev–Trinajstić information content (AvgIpc) is 3.27. The number of allylic oxidation sites excluding steroid dienone is 1. The van der Waals surface area contributed by atoms with Crippen molar-refractivity contribution in [2.75, 3.05) is 6.61 Å². The molecule has 0 bridgehead atoms. The van der Waals surface area contributed by atoms with Crippen LogP contribution in [0.15, 0.2) is 41.3 Å². The molecule has 0 aliphatic carbocycles. The molecule has 1 aromatic heterocycles. The minimum atomic E-state index is -1.38. The summed E-state index contributed by atoms with van der Waals surface area (Å²) in [6, 6.07) is 7.58. The lowest BCUT2D eigenvalue weighted by Gasteiger charge is -2.27. The van der Waals surface area contributed by atoms with Gasteiger partial charge in [-0.05, 0) is 36.5 Å². The van der Waals surface area contributed by atoms with E-state index in [0.717, 1.165) is 11.5 Å². The lowest BCUT2D eigenvalue weighted by molar-refractivity contribution is -0.166. The Kier molecular flexibility index (Phi) is 8.23. The van der Waals surface area contributed by atoms with Crippen molar-refractivity contribution >= 4 is 40.9 Å². The topological polar surface area (TPSA) is 141 Å². The van der Waals surface area contributed by atoms with E-state index in [0.29, 0.717) is 11.1 Å². The first-order valence-electron chi connectivity index (χ1n) is 10.9. The van der Waals surface area contributed by atoms with Crippen molar-refractivity contribution in [2.45, 2.75) is 45.9 Å². The van der Waals surface area contributed by atoms with Crippen molar-refractivity contribution in [3.63, 3.8) is 0 Å². The monoisotopic (exact) mass is 502 g/mol. The summed E-state index contributed by atoms with van der Waals surface area (Å²) >= 11 is 0.862. The third kappa shape index (κ3) is 6.04. The molecule has 2 aromatic rings. The van der Waals surface area contributed by atoms with Crippen LogP contribution in [0.1, 0.15) is 43.7 Å². The summed E-state index contributed by atoms with van der Waals surface area (Å²) in [5.74, 6) is -4.01. The second-order valence-electron chi connectivity index (χ2n) is 8.23. The van der Waals surface area contributed by atoms with E-state index < -0.39 is 54.6 Å². The van der Waals surface area contributed by atoms with Gasteiger partial charge in [0.25, 0.3) is 5.91 Å². The van der Waals surface area contributed by atoms with Gasteiger partial charge in [0.2, 0.25) is 0 Å². The normalized spacial score (nSPS) is 22.3. The van der Waals surface area contributed by atoms with E-state index in [9.17, 15) is 24.3 Å². The number of rotatable bonds is 5. The highest BCUT2D eigenvalue weighted by molar-refractivity contribution is 7.04. The Morgan fingerprint density at radius 2 is 1.91 bits per heavy atom. The van der Waals surface area contributed by atoms with E-state index >= 15 is 0 Å². The molecule has 0 radical (unpaired) electrons. The van der Waals surface area contributed by atoms with Gasteiger partial charge >= 0.3 is 17.9 Å². The number of hydrogen-bond donors (Lipinski definition) is 2. The summed E-state index contributed by atoms with van der Waals surface area (Å²) < 4.78 is 20.3. The summed E-state index contributed by atoms with van der Waals surface area (Å²) in [7, 11) is 0. The van der Waals surface area contributed by atoms with Crippen molar-refractivity contribution in [2.24, 2.45) is 5.92 Å². The molecule has 1 aromatic carbocycles. The van der Waals surface area contributed by atoms with E-state index in [2.05, 4.69) is 9.69 Å². The molecule has 1 fully saturated rings. The molecule has 2 N–H and O–H groups in total. The molecule has 3 rings (SSSR count). The highest BCUT2D eigenvalue weighted by Gasteiger charge is 2.39. The molecule has 1 amide bonds. The first-order valence-corrected chi connectivity index (χ1v) is 11.7. The second kappa shape index (κ2) is 11.1. The Hall–Kier alpha value is -3.73. The van der Waals surface area contributed by atoms with Gasteiger partial charge in [0.05, 0.1) is 16.9 Å². The van der Waals surface area contributed by atoms with Gasteiger partial charge in [-0.25, -0.2) is 9.59 Å². The number of nitrogens with one attached hydrogen (secondary N) is 1. The van der Waals surface area contributed by atoms with Crippen LogP contribution in [-0.4, -0.2) is 58.2 Å².